The van der Waals surface area contributed by atoms with Gasteiger partial charge in [0.1, 0.15) is 5.92 Å². The van der Waals surface area contributed by atoms with Crippen LogP contribution in [0.5, 0.6) is 0 Å². The van der Waals surface area contributed by atoms with E-state index in [0.717, 1.165) is 12.5 Å². The van der Waals surface area contributed by atoms with Crippen LogP contribution in [0.1, 0.15) is 13.8 Å². The lowest BCUT2D eigenvalue weighted by molar-refractivity contribution is 0.000673. The van der Waals surface area contributed by atoms with Crippen molar-refractivity contribution in [2.75, 3.05) is 53.6 Å². The Hall–Kier alpha value is -0.330. The molecule has 0 saturated heterocycles. The summed E-state index contributed by atoms with van der Waals surface area (Å²) in [6, 6.07) is 0. The summed E-state index contributed by atoms with van der Waals surface area (Å²) in [5, 5.41) is 12.7. The highest BCUT2D eigenvalue weighted by Gasteiger charge is 2.23. The fourth-order valence-electron chi connectivity index (χ4n) is 1.27. The Bertz CT molecular complexity index is 168. The second-order valence-electron chi connectivity index (χ2n) is 4.26. The Kier molecular flexibility index (Phi) is 10.6. The highest BCUT2D eigenvalue weighted by atomic mass is 16.5. The van der Waals surface area contributed by atoms with Gasteiger partial charge in [0.05, 0.1) is 40.3 Å². The Morgan fingerprint density at radius 1 is 1.18 bits per heavy atom. The predicted molar refractivity (Wildman–Crippen MR) is 68.8 cm³/mol. The second kappa shape index (κ2) is 10.8. The molecule has 0 aliphatic carbocycles. The van der Waals surface area contributed by atoms with Crippen molar-refractivity contribution < 1.29 is 14.6 Å². The van der Waals surface area contributed by atoms with E-state index in [1.54, 1.807) is 0 Å². The standard InChI is InChI=1S/C12H27N2O3/c1-11(2)12(15)14(4)6-8-17-10-9-16-7-5-13-3/h12-13,15H,5-10H2,1-4H3/q+1. The molecule has 0 spiro atoms. The van der Waals surface area contributed by atoms with Crippen LogP contribution in [0, 0.1) is 5.92 Å². The zero-order valence-electron chi connectivity index (χ0n) is 11.5. The minimum absolute atomic E-state index is 0.481. The Morgan fingerprint density at radius 2 is 1.76 bits per heavy atom. The zero-order chi connectivity index (χ0) is 13.1. The first kappa shape index (κ1) is 16.7. The molecule has 0 radical (unpaired) electrons. The molecular weight excluding hydrogens is 220 g/mol. The lowest BCUT2D eigenvalue weighted by atomic mass is 10.2. The van der Waals surface area contributed by atoms with Crippen LogP contribution >= 0.6 is 0 Å². The van der Waals surface area contributed by atoms with Crippen molar-refractivity contribution in [1.29, 1.82) is 0 Å². The third kappa shape index (κ3) is 9.38. The van der Waals surface area contributed by atoms with Gasteiger partial charge < -0.3 is 19.9 Å². The van der Waals surface area contributed by atoms with Crippen molar-refractivity contribution in [2.24, 2.45) is 0 Å². The number of nitrogens with one attached hydrogen (secondary N) is 1. The number of rotatable bonds is 11. The largest absolute Gasteiger partial charge is 0.378 e. The molecule has 0 aliphatic rings. The van der Waals surface area contributed by atoms with Crippen LogP contribution in [0.2, 0.25) is 0 Å². The number of likely N-dealkylation sites (N-methyl/N-ethyl adjacent to an activating group) is 2. The lowest BCUT2D eigenvalue weighted by Crippen LogP contribution is -2.37. The Balaban J connectivity index is 3.27. The molecule has 0 bridgehead atoms. The van der Waals surface area contributed by atoms with Crippen LogP contribution in [-0.2, 0) is 9.47 Å². The predicted octanol–water partition coefficient (Wildman–Crippen LogP) is 0.103. The van der Waals surface area contributed by atoms with E-state index >= 15 is 0 Å². The average molecular weight is 247 g/mol. The summed E-state index contributed by atoms with van der Waals surface area (Å²) in [7, 11) is 3.78. The maximum atomic E-state index is 9.70. The van der Waals surface area contributed by atoms with E-state index in [4.69, 9.17) is 9.47 Å². The zero-order valence-corrected chi connectivity index (χ0v) is 11.5. The van der Waals surface area contributed by atoms with Crippen molar-refractivity contribution in [2.45, 2.75) is 20.1 Å². The van der Waals surface area contributed by atoms with Gasteiger partial charge in [0.25, 0.3) is 6.23 Å². The highest BCUT2D eigenvalue weighted by Crippen LogP contribution is 2.06. The van der Waals surface area contributed by atoms with E-state index in [1.165, 1.54) is 0 Å². The monoisotopic (exact) mass is 247 g/mol. The normalized spacial score (nSPS) is 13.1. The maximum absolute atomic E-state index is 9.70. The lowest BCUT2D eigenvalue weighted by Gasteiger charge is -2.19. The van der Waals surface area contributed by atoms with Crippen molar-refractivity contribution in [3.8, 4) is 0 Å². The third-order valence-corrected chi connectivity index (χ3v) is 2.39. The average Bonchev–Trinajstić information content (AvgIpc) is 2.31. The number of aliphatic hydroxyl groups excluding tert-OH is 1. The van der Waals surface area contributed by atoms with Crippen LogP contribution in [0.4, 0.5) is 0 Å². The van der Waals surface area contributed by atoms with E-state index in [0.29, 0.717) is 33.0 Å². The smallest absolute Gasteiger partial charge is 0.256 e. The summed E-state index contributed by atoms with van der Waals surface area (Å²) in [6.45, 7) is 7.94. The molecule has 0 aromatic rings. The first-order chi connectivity index (χ1) is 8.09. The van der Waals surface area contributed by atoms with Gasteiger partial charge in [-0.3, -0.25) is 0 Å². The van der Waals surface area contributed by atoms with Crippen LogP contribution in [-0.4, -0.2) is 69.8 Å². The highest BCUT2D eigenvalue weighted by molar-refractivity contribution is 4.85. The first-order valence-corrected chi connectivity index (χ1v) is 6.08. The van der Waals surface area contributed by atoms with Gasteiger partial charge in [-0.15, -0.1) is 0 Å². The SMILES string of the molecule is CNCCOCCOCCN(C)C(O)[C+](C)C. The second-order valence-corrected chi connectivity index (χ2v) is 4.26. The molecule has 2 N–H and O–H groups in total. The summed E-state index contributed by atoms with van der Waals surface area (Å²) >= 11 is 0. The fourth-order valence-corrected chi connectivity index (χ4v) is 1.27. The van der Waals surface area contributed by atoms with E-state index in [-0.39, 0.29) is 0 Å². The van der Waals surface area contributed by atoms with Crippen molar-refractivity contribution >= 4 is 0 Å². The van der Waals surface area contributed by atoms with E-state index in [2.05, 4.69) is 5.32 Å². The van der Waals surface area contributed by atoms with Crippen molar-refractivity contribution in [1.82, 2.24) is 10.2 Å². The molecule has 17 heavy (non-hydrogen) atoms. The molecule has 5 nitrogen and oxygen atoms in total. The fraction of sp³-hybridized carbons (Fsp3) is 0.917. The molecule has 0 aromatic heterocycles. The molecule has 0 rings (SSSR count). The minimum atomic E-state index is -0.481. The molecule has 0 aliphatic heterocycles. The molecule has 0 aromatic carbocycles. The van der Waals surface area contributed by atoms with Crippen LogP contribution in [0.25, 0.3) is 0 Å². The number of aliphatic hydroxyl groups is 1. The van der Waals surface area contributed by atoms with Gasteiger partial charge in [-0.05, 0) is 14.1 Å². The van der Waals surface area contributed by atoms with Gasteiger partial charge in [-0.1, -0.05) is 0 Å². The number of hydrogen-bond donors (Lipinski definition) is 2. The van der Waals surface area contributed by atoms with Gasteiger partial charge in [0, 0.05) is 13.1 Å². The molecule has 1 unspecified atom stereocenters. The maximum Gasteiger partial charge on any atom is 0.256 e. The molecule has 0 saturated carbocycles. The van der Waals surface area contributed by atoms with E-state index in [9.17, 15) is 5.11 Å². The van der Waals surface area contributed by atoms with Crippen LogP contribution in [0.3, 0.4) is 0 Å². The van der Waals surface area contributed by atoms with E-state index in [1.807, 2.05) is 32.8 Å². The summed E-state index contributed by atoms with van der Waals surface area (Å²) < 4.78 is 10.7. The number of hydrogen-bond acceptors (Lipinski definition) is 5. The molecule has 102 valence electrons. The van der Waals surface area contributed by atoms with Gasteiger partial charge in [0.15, 0.2) is 0 Å². The minimum Gasteiger partial charge on any atom is -0.378 e. The van der Waals surface area contributed by atoms with Gasteiger partial charge in [0.2, 0.25) is 0 Å². The Morgan fingerprint density at radius 3 is 2.29 bits per heavy atom. The van der Waals surface area contributed by atoms with Crippen molar-refractivity contribution in [3.63, 3.8) is 0 Å². The van der Waals surface area contributed by atoms with Gasteiger partial charge in [-0.25, -0.2) is 4.90 Å². The molecule has 5 heteroatoms. The molecule has 1 atom stereocenters. The summed E-state index contributed by atoms with van der Waals surface area (Å²) in [6.07, 6.45) is -0.481. The summed E-state index contributed by atoms with van der Waals surface area (Å²) in [4.78, 5) is 1.86. The van der Waals surface area contributed by atoms with Crippen LogP contribution < -0.4 is 5.32 Å². The number of ether oxygens (including phenoxy) is 2. The molecule has 0 amide bonds. The third-order valence-electron chi connectivity index (χ3n) is 2.39. The first-order valence-electron chi connectivity index (χ1n) is 6.08. The molecule has 0 fully saturated rings. The van der Waals surface area contributed by atoms with E-state index < -0.39 is 6.23 Å². The van der Waals surface area contributed by atoms with Gasteiger partial charge in [-0.2, -0.15) is 0 Å². The topological polar surface area (TPSA) is 54.0 Å². The quantitative estimate of drug-likeness (QED) is 0.308. The molecule has 0 heterocycles. The summed E-state index contributed by atoms with van der Waals surface area (Å²) in [5.74, 6) is 0.989. The summed E-state index contributed by atoms with van der Waals surface area (Å²) in [5.41, 5.74) is 0. The van der Waals surface area contributed by atoms with Crippen molar-refractivity contribution in [3.05, 3.63) is 5.92 Å². The molecular formula is C12H27N2O3+. The number of nitrogens with zero attached hydrogens (tertiary/aromatic N) is 1. The Labute approximate surface area is 105 Å². The van der Waals surface area contributed by atoms with Crippen LogP contribution in [0.15, 0.2) is 0 Å². The van der Waals surface area contributed by atoms with Gasteiger partial charge >= 0.3 is 0 Å².